The second-order valence-corrected chi connectivity index (χ2v) is 11.2. The van der Waals surface area contributed by atoms with Gasteiger partial charge in [0.2, 0.25) is 0 Å². The van der Waals surface area contributed by atoms with E-state index >= 15 is 0 Å². The summed E-state index contributed by atoms with van der Waals surface area (Å²) in [7, 11) is 1.81. The zero-order valence-electron chi connectivity index (χ0n) is 22.4. The predicted octanol–water partition coefficient (Wildman–Crippen LogP) is 2.83. The van der Waals surface area contributed by atoms with Gasteiger partial charge in [-0.25, -0.2) is 9.78 Å². The van der Waals surface area contributed by atoms with E-state index < -0.39 is 11.0 Å². The minimum absolute atomic E-state index is 0.000147. The molecule has 3 aliphatic rings. The van der Waals surface area contributed by atoms with E-state index in [0.717, 1.165) is 36.9 Å². The van der Waals surface area contributed by atoms with Gasteiger partial charge in [-0.2, -0.15) is 5.10 Å². The zero-order chi connectivity index (χ0) is 27.0. The maximum atomic E-state index is 13.9. The Morgan fingerprint density at radius 1 is 1.13 bits per heavy atom. The Hall–Kier alpha value is -3.50. The van der Waals surface area contributed by atoms with Gasteiger partial charge in [-0.3, -0.25) is 14.0 Å². The molecular formula is C29H36N6O4. The van der Waals surface area contributed by atoms with Crippen LogP contribution in [0.4, 0.5) is 4.79 Å². The first kappa shape index (κ1) is 25.8. The molecule has 1 spiro atoms. The van der Waals surface area contributed by atoms with Crippen LogP contribution in [-0.4, -0.2) is 78.7 Å². The highest BCUT2D eigenvalue weighted by Crippen LogP contribution is 2.51. The highest BCUT2D eigenvalue weighted by Gasteiger charge is 2.56. The van der Waals surface area contributed by atoms with Crippen LogP contribution in [0.15, 0.2) is 59.8 Å². The average molecular weight is 533 g/mol. The molecular weight excluding hydrogens is 496 g/mol. The number of aliphatic hydroxyl groups is 1. The molecule has 0 radical (unpaired) electrons. The lowest BCUT2D eigenvalue weighted by molar-refractivity contribution is -0.137. The first-order valence-electron chi connectivity index (χ1n) is 13.8. The van der Waals surface area contributed by atoms with E-state index in [9.17, 15) is 14.7 Å². The molecule has 3 fully saturated rings. The van der Waals surface area contributed by atoms with Gasteiger partial charge >= 0.3 is 6.03 Å². The highest BCUT2D eigenvalue weighted by atomic mass is 16.5. The van der Waals surface area contributed by atoms with Gasteiger partial charge in [-0.05, 0) is 30.9 Å². The molecule has 10 heteroatoms. The van der Waals surface area contributed by atoms with Crippen molar-refractivity contribution in [1.82, 2.24) is 29.1 Å². The van der Waals surface area contributed by atoms with Gasteiger partial charge in [0.05, 0.1) is 49.1 Å². The summed E-state index contributed by atoms with van der Waals surface area (Å²) < 4.78 is 8.95. The summed E-state index contributed by atoms with van der Waals surface area (Å²) in [6, 6.07) is 13.2. The molecule has 2 amide bonds. The van der Waals surface area contributed by atoms with Crippen molar-refractivity contribution in [3.8, 4) is 11.4 Å². The molecule has 1 N–H and O–H groups in total. The lowest BCUT2D eigenvalue weighted by atomic mass is 9.66. The van der Waals surface area contributed by atoms with Crippen molar-refractivity contribution in [3.63, 3.8) is 0 Å². The summed E-state index contributed by atoms with van der Waals surface area (Å²) >= 11 is 0. The molecule has 1 aliphatic carbocycles. The summed E-state index contributed by atoms with van der Waals surface area (Å²) in [5.41, 5.74) is 0.599. The van der Waals surface area contributed by atoms with Crippen LogP contribution in [0, 0.1) is 5.41 Å². The first-order chi connectivity index (χ1) is 18.9. The van der Waals surface area contributed by atoms with E-state index in [-0.39, 0.29) is 24.2 Å². The first-order valence-corrected chi connectivity index (χ1v) is 13.8. The number of ether oxygens (including phenoxy) is 1. The maximum Gasteiger partial charge on any atom is 0.320 e. The van der Waals surface area contributed by atoms with Crippen LogP contribution in [0.5, 0.6) is 0 Å². The van der Waals surface area contributed by atoms with Crippen molar-refractivity contribution >= 4 is 6.03 Å². The van der Waals surface area contributed by atoms with Crippen molar-refractivity contribution in [1.29, 1.82) is 0 Å². The zero-order valence-corrected chi connectivity index (χ0v) is 22.4. The molecule has 1 aromatic carbocycles. The summed E-state index contributed by atoms with van der Waals surface area (Å²) in [6.45, 7) is 2.61. The molecule has 6 rings (SSSR count). The fourth-order valence-electron chi connectivity index (χ4n) is 6.82. The van der Waals surface area contributed by atoms with Crippen LogP contribution in [0.2, 0.25) is 0 Å². The second kappa shape index (κ2) is 10.2. The van der Waals surface area contributed by atoms with E-state index in [4.69, 9.17) is 4.74 Å². The van der Waals surface area contributed by atoms with E-state index in [1.54, 1.807) is 10.9 Å². The standard InChI is InChI=1S/C29H36N6O4/c1-32-24(9-13-31-32)23-17-26(36)34(21-30-23)20-29(38)12-14-33(19-28(29)10-5-6-11-28)27(37)35-15-16-39-18-25(35)22-7-3-2-4-8-22/h2-4,7-9,13,17,21,25,38H,5-6,10-12,14-16,18-20H2,1H3/t25-,29+/m0/s1. The Morgan fingerprint density at radius 3 is 2.64 bits per heavy atom. The normalized spacial score (nSPS) is 24.8. The van der Waals surface area contributed by atoms with E-state index in [2.05, 4.69) is 10.1 Å². The molecule has 0 unspecified atom stereocenters. The third-order valence-electron chi connectivity index (χ3n) is 9.06. The Balaban J connectivity index is 1.23. The molecule has 2 atom stereocenters. The number of aromatic nitrogens is 4. The lowest BCUT2D eigenvalue weighted by Crippen LogP contribution is -2.64. The monoisotopic (exact) mass is 532 g/mol. The third-order valence-corrected chi connectivity index (χ3v) is 9.06. The Kier molecular flexibility index (Phi) is 6.76. The number of morpholine rings is 1. The highest BCUT2D eigenvalue weighted by molar-refractivity contribution is 5.75. The molecule has 1 saturated carbocycles. The van der Waals surface area contributed by atoms with Crippen molar-refractivity contribution in [2.24, 2.45) is 12.5 Å². The lowest BCUT2D eigenvalue weighted by Gasteiger charge is -2.53. The van der Waals surface area contributed by atoms with Crippen molar-refractivity contribution < 1.29 is 14.6 Å². The van der Waals surface area contributed by atoms with Gasteiger partial charge in [-0.1, -0.05) is 43.2 Å². The number of carbonyl (C=O) groups excluding carboxylic acids is 1. The minimum Gasteiger partial charge on any atom is -0.387 e. The quantitative estimate of drug-likeness (QED) is 0.554. The number of hydrogen-bond acceptors (Lipinski definition) is 6. The molecule has 0 bridgehead atoms. The Bertz CT molecular complexity index is 1380. The minimum atomic E-state index is -1.11. The molecule has 4 heterocycles. The topological polar surface area (TPSA) is 106 Å². The summed E-state index contributed by atoms with van der Waals surface area (Å²) in [5.74, 6) is 0. The molecule has 2 saturated heterocycles. The van der Waals surface area contributed by atoms with Crippen molar-refractivity contribution in [3.05, 3.63) is 70.9 Å². The molecule has 2 aliphatic heterocycles. The van der Waals surface area contributed by atoms with Crippen molar-refractivity contribution in [2.75, 3.05) is 32.8 Å². The average Bonchev–Trinajstić information content (AvgIpc) is 3.61. The van der Waals surface area contributed by atoms with Gasteiger partial charge in [0.15, 0.2) is 0 Å². The molecule has 10 nitrogen and oxygen atoms in total. The predicted molar refractivity (Wildman–Crippen MR) is 145 cm³/mol. The molecule has 39 heavy (non-hydrogen) atoms. The summed E-state index contributed by atoms with van der Waals surface area (Å²) in [5, 5.41) is 16.3. The van der Waals surface area contributed by atoms with Crippen LogP contribution in [0.25, 0.3) is 11.4 Å². The van der Waals surface area contributed by atoms with Crippen molar-refractivity contribution in [2.45, 2.75) is 50.3 Å². The fraction of sp³-hybridized carbons (Fsp3) is 0.517. The summed E-state index contributed by atoms with van der Waals surface area (Å²) in [4.78, 5) is 35.4. The van der Waals surface area contributed by atoms with Gasteiger partial charge in [-0.15, -0.1) is 0 Å². The number of carbonyl (C=O) groups is 1. The van der Waals surface area contributed by atoms with Gasteiger partial charge in [0, 0.05) is 44.4 Å². The van der Waals surface area contributed by atoms with Gasteiger partial charge in [0.25, 0.3) is 5.56 Å². The van der Waals surface area contributed by atoms with Crippen LogP contribution < -0.4 is 5.56 Å². The number of rotatable bonds is 4. The van der Waals surface area contributed by atoms with Crippen LogP contribution in [0.1, 0.15) is 43.7 Å². The number of nitrogens with zero attached hydrogens (tertiary/aromatic N) is 6. The van der Waals surface area contributed by atoms with Gasteiger partial charge in [0.1, 0.15) is 0 Å². The van der Waals surface area contributed by atoms with E-state index in [0.29, 0.717) is 45.0 Å². The number of benzene rings is 1. The second-order valence-electron chi connectivity index (χ2n) is 11.2. The molecule has 206 valence electrons. The molecule has 3 aromatic rings. The number of hydrogen-bond donors (Lipinski definition) is 1. The number of amides is 2. The Labute approximate surface area is 227 Å². The maximum absolute atomic E-state index is 13.9. The summed E-state index contributed by atoms with van der Waals surface area (Å²) in [6.07, 6.45) is 7.27. The number of aryl methyl sites for hydroxylation is 1. The van der Waals surface area contributed by atoms with Gasteiger partial charge < -0.3 is 19.6 Å². The van der Waals surface area contributed by atoms with E-state index in [1.165, 1.54) is 17.0 Å². The SMILES string of the molecule is Cn1nccc1-c1cc(=O)n(C[C@]2(O)CCN(C(=O)N3CCOC[C@H]3c3ccccc3)CC23CCCC3)cn1. The third kappa shape index (κ3) is 4.65. The number of piperidine rings is 1. The fourth-order valence-corrected chi connectivity index (χ4v) is 6.82. The van der Waals surface area contributed by atoms with E-state index in [1.807, 2.05) is 53.2 Å². The largest absolute Gasteiger partial charge is 0.387 e. The number of urea groups is 1. The molecule has 2 aromatic heterocycles. The Morgan fingerprint density at radius 2 is 1.92 bits per heavy atom. The van der Waals surface area contributed by atoms with Crippen LogP contribution >= 0.6 is 0 Å². The number of likely N-dealkylation sites (tertiary alicyclic amines) is 1. The van der Waals surface area contributed by atoms with Crippen LogP contribution in [-0.2, 0) is 18.3 Å². The smallest absolute Gasteiger partial charge is 0.320 e. The van der Waals surface area contributed by atoms with Crippen LogP contribution in [0.3, 0.4) is 0 Å².